The van der Waals surface area contributed by atoms with Gasteiger partial charge in [-0.1, -0.05) is 13.0 Å². The third kappa shape index (κ3) is 2.58. The van der Waals surface area contributed by atoms with E-state index < -0.39 is 0 Å². The van der Waals surface area contributed by atoms with Crippen LogP contribution in [0.4, 0.5) is 0 Å². The number of hydrogen-bond donors (Lipinski definition) is 0. The van der Waals surface area contributed by atoms with Crippen molar-refractivity contribution in [1.29, 1.82) is 0 Å². The van der Waals surface area contributed by atoms with E-state index in [2.05, 4.69) is 13.0 Å². The van der Waals surface area contributed by atoms with Gasteiger partial charge in [0.05, 0.1) is 12.2 Å². The maximum absolute atomic E-state index is 11.6. The number of aryl methyl sites for hydroxylation is 3. The Bertz CT molecular complexity index is 367. The van der Waals surface area contributed by atoms with Gasteiger partial charge in [0.25, 0.3) is 0 Å². The summed E-state index contributed by atoms with van der Waals surface area (Å²) >= 11 is 0. The maximum Gasteiger partial charge on any atom is 0.338 e. The highest BCUT2D eigenvalue weighted by molar-refractivity contribution is 5.91. The summed E-state index contributed by atoms with van der Waals surface area (Å²) in [6.45, 7) is 8.34. The Hall–Kier alpha value is -1.31. The highest BCUT2D eigenvalue weighted by Gasteiger charge is 2.11. The van der Waals surface area contributed by atoms with Crippen molar-refractivity contribution in [2.24, 2.45) is 0 Å². The average Bonchev–Trinajstić information content (AvgIpc) is 2.21. The van der Waals surface area contributed by atoms with Crippen molar-refractivity contribution < 1.29 is 9.53 Å². The van der Waals surface area contributed by atoms with Gasteiger partial charge in [0.15, 0.2) is 0 Å². The predicted molar refractivity (Wildman–Crippen MR) is 61.3 cm³/mol. The quantitative estimate of drug-likeness (QED) is 0.710. The minimum absolute atomic E-state index is 0.222. The molecule has 0 spiro atoms. The van der Waals surface area contributed by atoms with Gasteiger partial charge in [-0.25, -0.2) is 4.79 Å². The zero-order chi connectivity index (χ0) is 11.4. The molecule has 1 aromatic rings. The molecule has 0 aromatic heterocycles. The molecule has 0 atom stereocenters. The van der Waals surface area contributed by atoms with Gasteiger partial charge >= 0.3 is 5.97 Å². The molecule has 0 saturated heterocycles. The Morgan fingerprint density at radius 3 is 2.40 bits per heavy atom. The molecule has 82 valence electrons. The number of esters is 1. The van der Waals surface area contributed by atoms with Gasteiger partial charge in [0.2, 0.25) is 0 Å². The number of benzene rings is 1. The molecule has 0 N–H and O–H groups in total. The van der Waals surface area contributed by atoms with Crippen LogP contribution in [0.2, 0.25) is 0 Å². The van der Waals surface area contributed by atoms with Crippen LogP contribution < -0.4 is 0 Å². The SMILES string of the molecule is CCOC(=O)c1cc(C)c(CC)cc1C. The van der Waals surface area contributed by atoms with E-state index in [1.807, 2.05) is 26.8 Å². The molecule has 2 nitrogen and oxygen atoms in total. The van der Waals surface area contributed by atoms with E-state index in [1.54, 1.807) is 0 Å². The van der Waals surface area contributed by atoms with Crippen molar-refractivity contribution in [2.75, 3.05) is 6.61 Å². The lowest BCUT2D eigenvalue weighted by Gasteiger charge is -2.10. The van der Waals surface area contributed by atoms with Crippen LogP contribution in [0.5, 0.6) is 0 Å². The smallest absolute Gasteiger partial charge is 0.338 e. The molecule has 0 heterocycles. The summed E-state index contributed by atoms with van der Waals surface area (Å²) < 4.78 is 5.00. The van der Waals surface area contributed by atoms with Crippen LogP contribution in [0.15, 0.2) is 12.1 Å². The number of rotatable bonds is 3. The van der Waals surface area contributed by atoms with E-state index in [-0.39, 0.29) is 5.97 Å². The summed E-state index contributed by atoms with van der Waals surface area (Å²) in [6, 6.07) is 3.99. The van der Waals surface area contributed by atoms with Crippen LogP contribution in [0.1, 0.15) is 40.9 Å². The van der Waals surface area contributed by atoms with Gasteiger partial charge in [0, 0.05) is 0 Å². The summed E-state index contributed by atoms with van der Waals surface area (Å²) in [7, 11) is 0. The van der Waals surface area contributed by atoms with Crippen molar-refractivity contribution in [3.63, 3.8) is 0 Å². The van der Waals surface area contributed by atoms with E-state index in [4.69, 9.17) is 4.74 Å². The summed E-state index contributed by atoms with van der Waals surface area (Å²) in [5.41, 5.74) is 4.13. The van der Waals surface area contributed by atoms with E-state index in [9.17, 15) is 4.79 Å². The lowest BCUT2D eigenvalue weighted by atomic mass is 9.98. The van der Waals surface area contributed by atoms with Gasteiger partial charge in [-0.15, -0.1) is 0 Å². The molecule has 0 radical (unpaired) electrons. The second-order valence-corrected chi connectivity index (χ2v) is 3.67. The molecule has 0 aliphatic carbocycles. The van der Waals surface area contributed by atoms with Crippen LogP contribution in [0.25, 0.3) is 0 Å². The van der Waals surface area contributed by atoms with Gasteiger partial charge < -0.3 is 4.74 Å². The molecule has 0 aliphatic heterocycles. The third-order valence-corrected chi connectivity index (χ3v) is 2.56. The summed E-state index contributed by atoms with van der Waals surface area (Å²) in [5, 5.41) is 0. The first-order chi connectivity index (χ1) is 7.10. The van der Waals surface area contributed by atoms with E-state index in [0.29, 0.717) is 12.2 Å². The molecule has 0 fully saturated rings. The normalized spacial score (nSPS) is 10.1. The molecule has 2 heteroatoms. The standard InChI is InChI=1S/C13H18O2/c1-5-11-7-10(4)12(8-9(11)3)13(14)15-6-2/h7-8H,5-6H2,1-4H3. The van der Waals surface area contributed by atoms with Crippen LogP contribution in [-0.4, -0.2) is 12.6 Å². The monoisotopic (exact) mass is 206 g/mol. The number of ether oxygens (including phenoxy) is 1. The summed E-state index contributed by atoms with van der Waals surface area (Å²) in [4.78, 5) is 11.6. The topological polar surface area (TPSA) is 26.3 Å². The fourth-order valence-electron chi connectivity index (χ4n) is 1.69. The molecule has 0 bridgehead atoms. The fraction of sp³-hybridized carbons (Fsp3) is 0.462. The Balaban J connectivity index is 3.10. The molecule has 0 aliphatic rings. The molecule has 0 amide bonds. The second kappa shape index (κ2) is 4.96. The second-order valence-electron chi connectivity index (χ2n) is 3.67. The number of hydrogen-bond acceptors (Lipinski definition) is 2. The summed E-state index contributed by atoms with van der Waals surface area (Å²) in [6.07, 6.45) is 0.996. The van der Waals surface area contributed by atoms with E-state index >= 15 is 0 Å². The van der Waals surface area contributed by atoms with Crippen LogP contribution >= 0.6 is 0 Å². The zero-order valence-corrected chi connectivity index (χ0v) is 9.89. The van der Waals surface area contributed by atoms with Crippen molar-refractivity contribution in [2.45, 2.75) is 34.1 Å². The Morgan fingerprint density at radius 2 is 1.87 bits per heavy atom. The van der Waals surface area contributed by atoms with Crippen LogP contribution in [-0.2, 0) is 11.2 Å². The third-order valence-electron chi connectivity index (χ3n) is 2.56. The van der Waals surface area contributed by atoms with Gasteiger partial charge in [-0.3, -0.25) is 0 Å². The fourth-order valence-corrected chi connectivity index (χ4v) is 1.69. The van der Waals surface area contributed by atoms with Crippen molar-refractivity contribution in [3.05, 3.63) is 34.4 Å². The Morgan fingerprint density at radius 1 is 1.20 bits per heavy atom. The van der Waals surface area contributed by atoms with E-state index in [0.717, 1.165) is 17.5 Å². The highest BCUT2D eigenvalue weighted by atomic mass is 16.5. The molecule has 0 saturated carbocycles. The molecular weight excluding hydrogens is 188 g/mol. The van der Waals surface area contributed by atoms with E-state index in [1.165, 1.54) is 5.56 Å². The Kier molecular flexibility index (Phi) is 3.89. The van der Waals surface area contributed by atoms with Crippen molar-refractivity contribution in [1.82, 2.24) is 0 Å². The molecule has 1 aromatic carbocycles. The molecule has 15 heavy (non-hydrogen) atoms. The van der Waals surface area contributed by atoms with Crippen molar-refractivity contribution >= 4 is 5.97 Å². The first-order valence-corrected chi connectivity index (χ1v) is 5.37. The minimum atomic E-state index is -0.222. The molecule has 0 unspecified atom stereocenters. The maximum atomic E-state index is 11.6. The largest absolute Gasteiger partial charge is 0.462 e. The highest BCUT2D eigenvalue weighted by Crippen LogP contribution is 2.17. The average molecular weight is 206 g/mol. The molecular formula is C13H18O2. The lowest BCUT2D eigenvalue weighted by molar-refractivity contribution is 0.0525. The van der Waals surface area contributed by atoms with Crippen molar-refractivity contribution in [3.8, 4) is 0 Å². The number of carbonyl (C=O) groups excluding carboxylic acids is 1. The number of carbonyl (C=O) groups is 1. The Labute approximate surface area is 91.3 Å². The lowest BCUT2D eigenvalue weighted by Crippen LogP contribution is -2.08. The first kappa shape index (κ1) is 11.8. The zero-order valence-electron chi connectivity index (χ0n) is 9.89. The minimum Gasteiger partial charge on any atom is -0.462 e. The van der Waals surface area contributed by atoms with Crippen LogP contribution in [0, 0.1) is 13.8 Å². The molecule has 1 rings (SSSR count). The predicted octanol–water partition coefficient (Wildman–Crippen LogP) is 3.04. The summed E-state index contributed by atoms with van der Waals surface area (Å²) in [5.74, 6) is -0.222. The van der Waals surface area contributed by atoms with Crippen LogP contribution in [0.3, 0.4) is 0 Å². The first-order valence-electron chi connectivity index (χ1n) is 5.37. The van der Waals surface area contributed by atoms with Gasteiger partial charge in [-0.2, -0.15) is 0 Å². The van der Waals surface area contributed by atoms with Gasteiger partial charge in [0.1, 0.15) is 0 Å². The van der Waals surface area contributed by atoms with Gasteiger partial charge in [-0.05, 0) is 49.9 Å².